The summed E-state index contributed by atoms with van der Waals surface area (Å²) in [5.41, 5.74) is 12.2. The number of hydrogen-bond acceptors (Lipinski definition) is 6. The Balaban J connectivity index is 1.47. The van der Waals surface area contributed by atoms with Gasteiger partial charge in [0, 0.05) is 75.0 Å². The molecule has 5 rings (SSSR count). The molecule has 1 aliphatic rings. The molecule has 176 valence electrons. The van der Waals surface area contributed by atoms with Crippen LogP contribution in [0.5, 0.6) is 0 Å². The Labute approximate surface area is 198 Å². The van der Waals surface area contributed by atoms with Crippen LogP contribution in [0.4, 0.5) is 5.69 Å². The van der Waals surface area contributed by atoms with E-state index in [1.807, 2.05) is 19.1 Å². The van der Waals surface area contributed by atoms with Gasteiger partial charge in [0.2, 0.25) is 0 Å². The number of carbonyl (C=O) groups excluding carboxylic acids is 1. The largest absolute Gasteiger partial charge is 0.385 e. The number of anilines is 1. The van der Waals surface area contributed by atoms with Crippen LogP contribution in [0.2, 0.25) is 0 Å². The van der Waals surface area contributed by atoms with Crippen LogP contribution < -0.4 is 10.6 Å². The second kappa shape index (κ2) is 9.40. The van der Waals surface area contributed by atoms with Gasteiger partial charge in [0.15, 0.2) is 0 Å². The number of carbonyl (C=O) groups is 1. The van der Waals surface area contributed by atoms with Gasteiger partial charge in [0.05, 0.1) is 27.8 Å². The number of benzene rings is 1. The predicted octanol–water partition coefficient (Wildman–Crippen LogP) is 3.34. The molecule has 0 radical (unpaired) electrons. The second-order valence-corrected chi connectivity index (χ2v) is 8.86. The third-order valence-corrected chi connectivity index (χ3v) is 6.57. The molecule has 4 heterocycles. The van der Waals surface area contributed by atoms with Crippen molar-refractivity contribution in [1.82, 2.24) is 19.9 Å². The highest BCUT2D eigenvalue weighted by molar-refractivity contribution is 6.14. The zero-order valence-electron chi connectivity index (χ0n) is 19.7. The van der Waals surface area contributed by atoms with E-state index in [-0.39, 0.29) is 0 Å². The number of rotatable bonds is 7. The summed E-state index contributed by atoms with van der Waals surface area (Å²) >= 11 is 0. The zero-order valence-corrected chi connectivity index (χ0v) is 19.7. The standard InChI is InChI=1S/C26H30N6O2/c1-17-4-5-18(16-28-17)22-15-21(26(27)33)25-24(29-22)20-7-6-19(14-23(20)30-25)32-11-9-31(10-12-32)8-3-13-34-2/h4-7,14-16,30H,3,8-13H2,1-2H3,(H2,27,33). The average molecular weight is 459 g/mol. The van der Waals surface area contributed by atoms with Gasteiger partial charge < -0.3 is 20.4 Å². The van der Waals surface area contributed by atoms with E-state index in [1.165, 1.54) is 5.69 Å². The van der Waals surface area contributed by atoms with Gasteiger partial charge in [-0.2, -0.15) is 0 Å². The van der Waals surface area contributed by atoms with E-state index in [2.05, 4.69) is 38.0 Å². The number of hydrogen-bond donors (Lipinski definition) is 2. The lowest BCUT2D eigenvalue weighted by atomic mass is 10.1. The van der Waals surface area contributed by atoms with Crippen molar-refractivity contribution in [2.45, 2.75) is 13.3 Å². The Hall–Kier alpha value is -3.49. The van der Waals surface area contributed by atoms with Gasteiger partial charge in [0.1, 0.15) is 0 Å². The Kier molecular flexibility index (Phi) is 6.17. The van der Waals surface area contributed by atoms with E-state index < -0.39 is 5.91 Å². The topological polar surface area (TPSA) is 100 Å². The van der Waals surface area contributed by atoms with Crippen LogP contribution in [-0.2, 0) is 4.74 Å². The van der Waals surface area contributed by atoms with Crippen molar-refractivity contribution in [3.63, 3.8) is 0 Å². The number of primary amides is 1. The summed E-state index contributed by atoms with van der Waals surface area (Å²) < 4.78 is 5.17. The number of H-pyrrole nitrogens is 1. The number of nitrogens with one attached hydrogen (secondary N) is 1. The molecule has 1 saturated heterocycles. The molecular formula is C26H30N6O2. The zero-order chi connectivity index (χ0) is 23.7. The molecule has 1 amide bonds. The van der Waals surface area contributed by atoms with Crippen LogP contribution >= 0.6 is 0 Å². The Morgan fingerprint density at radius 3 is 2.68 bits per heavy atom. The number of ether oxygens (including phenoxy) is 1. The number of piperazine rings is 1. The first-order chi connectivity index (χ1) is 16.5. The number of nitrogens with zero attached hydrogens (tertiary/aromatic N) is 4. The smallest absolute Gasteiger partial charge is 0.250 e. The van der Waals surface area contributed by atoms with Crippen LogP contribution in [0, 0.1) is 6.92 Å². The number of aromatic nitrogens is 3. The quantitative estimate of drug-likeness (QED) is 0.412. The van der Waals surface area contributed by atoms with Gasteiger partial charge in [-0.15, -0.1) is 0 Å². The lowest BCUT2D eigenvalue weighted by Crippen LogP contribution is -2.46. The molecule has 0 aliphatic carbocycles. The van der Waals surface area contributed by atoms with Crippen molar-refractivity contribution in [3.05, 3.63) is 53.9 Å². The molecule has 34 heavy (non-hydrogen) atoms. The van der Waals surface area contributed by atoms with Gasteiger partial charge >= 0.3 is 0 Å². The van der Waals surface area contributed by atoms with E-state index in [4.69, 9.17) is 15.5 Å². The van der Waals surface area contributed by atoms with Crippen LogP contribution in [-0.4, -0.2) is 72.2 Å². The SMILES string of the molecule is COCCCN1CCN(c2ccc3c(c2)[nH]c2c(C(N)=O)cc(-c4ccc(C)nc4)nc23)CC1. The molecule has 8 heteroatoms. The highest BCUT2D eigenvalue weighted by atomic mass is 16.5. The highest BCUT2D eigenvalue weighted by Gasteiger charge is 2.20. The van der Waals surface area contributed by atoms with E-state index in [9.17, 15) is 4.79 Å². The number of aryl methyl sites for hydroxylation is 1. The number of amides is 1. The number of fused-ring (bicyclic) bond motifs is 3. The molecule has 0 saturated carbocycles. The number of nitrogens with two attached hydrogens (primary N) is 1. The fourth-order valence-corrected chi connectivity index (χ4v) is 4.66. The van der Waals surface area contributed by atoms with Crippen LogP contribution in [0.15, 0.2) is 42.6 Å². The maximum Gasteiger partial charge on any atom is 0.250 e. The van der Waals surface area contributed by atoms with Gasteiger partial charge in [0.25, 0.3) is 5.91 Å². The molecular weight excluding hydrogens is 428 g/mol. The lowest BCUT2D eigenvalue weighted by Gasteiger charge is -2.36. The monoisotopic (exact) mass is 458 g/mol. The minimum absolute atomic E-state index is 0.433. The van der Waals surface area contributed by atoms with Gasteiger partial charge in [-0.05, 0) is 49.7 Å². The summed E-state index contributed by atoms with van der Waals surface area (Å²) in [5.74, 6) is -0.481. The van der Waals surface area contributed by atoms with Gasteiger partial charge in [-0.3, -0.25) is 14.7 Å². The first-order valence-electron chi connectivity index (χ1n) is 11.7. The fraction of sp³-hybridized carbons (Fsp3) is 0.346. The summed E-state index contributed by atoms with van der Waals surface area (Å²) in [6.07, 6.45) is 2.84. The second-order valence-electron chi connectivity index (χ2n) is 8.86. The molecule has 1 fully saturated rings. The molecule has 0 unspecified atom stereocenters. The van der Waals surface area contributed by atoms with Crippen LogP contribution in [0.1, 0.15) is 22.5 Å². The first kappa shape index (κ1) is 22.3. The number of methoxy groups -OCH3 is 1. The summed E-state index contributed by atoms with van der Waals surface area (Å²) in [4.78, 5) is 29.9. The third kappa shape index (κ3) is 4.34. The minimum Gasteiger partial charge on any atom is -0.385 e. The molecule has 0 spiro atoms. The predicted molar refractivity (Wildman–Crippen MR) is 135 cm³/mol. The van der Waals surface area contributed by atoms with Crippen molar-refractivity contribution in [3.8, 4) is 11.3 Å². The summed E-state index contributed by atoms with van der Waals surface area (Å²) in [5, 5.41) is 0.973. The molecule has 4 aromatic rings. The van der Waals surface area contributed by atoms with Crippen molar-refractivity contribution >= 4 is 33.5 Å². The lowest BCUT2D eigenvalue weighted by molar-refractivity contribution is 0.100. The highest BCUT2D eigenvalue weighted by Crippen LogP contribution is 2.32. The van der Waals surface area contributed by atoms with E-state index in [0.717, 1.165) is 73.4 Å². The Morgan fingerprint density at radius 2 is 1.97 bits per heavy atom. The minimum atomic E-state index is -0.481. The van der Waals surface area contributed by atoms with Crippen molar-refractivity contribution in [1.29, 1.82) is 0 Å². The average Bonchev–Trinajstić information content (AvgIpc) is 3.22. The molecule has 3 aromatic heterocycles. The number of aromatic amines is 1. The van der Waals surface area contributed by atoms with Gasteiger partial charge in [-0.25, -0.2) is 4.98 Å². The van der Waals surface area contributed by atoms with Gasteiger partial charge in [-0.1, -0.05) is 0 Å². The Morgan fingerprint density at radius 1 is 1.15 bits per heavy atom. The summed E-state index contributed by atoms with van der Waals surface area (Å²) in [7, 11) is 1.75. The maximum atomic E-state index is 12.3. The van der Waals surface area contributed by atoms with E-state index in [1.54, 1.807) is 19.4 Å². The summed E-state index contributed by atoms with van der Waals surface area (Å²) in [6.45, 7) is 7.85. The van der Waals surface area contributed by atoms with E-state index >= 15 is 0 Å². The summed E-state index contributed by atoms with van der Waals surface area (Å²) in [6, 6.07) is 12.0. The van der Waals surface area contributed by atoms with Crippen molar-refractivity contribution in [2.75, 3.05) is 51.3 Å². The molecule has 0 bridgehead atoms. The molecule has 1 aliphatic heterocycles. The molecule has 3 N–H and O–H groups in total. The molecule has 1 aromatic carbocycles. The van der Waals surface area contributed by atoms with Crippen LogP contribution in [0.3, 0.4) is 0 Å². The molecule has 8 nitrogen and oxygen atoms in total. The van der Waals surface area contributed by atoms with Crippen LogP contribution in [0.25, 0.3) is 33.2 Å². The number of pyridine rings is 2. The molecule has 0 atom stereocenters. The van der Waals surface area contributed by atoms with E-state index in [0.29, 0.717) is 16.8 Å². The normalized spacial score (nSPS) is 14.8. The van der Waals surface area contributed by atoms with Crippen molar-refractivity contribution < 1.29 is 9.53 Å². The van der Waals surface area contributed by atoms with Crippen molar-refractivity contribution in [2.24, 2.45) is 5.73 Å². The third-order valence-electron chi connectivity index (χ3n) is 6.57. The first-order valence-corrected chi connectivity index (χ1v) is 11.7. The maximum absolute atomic E-state index is 12.3. The Bertz CT molecular complexity index is 1320. The fourth-order valence-electron chi connectivity index (χ4n) is 4.66.